The zero-order valence-electron chi connectivity index (χ0n) is 11.2. The van der Waals surface area contributed by atoms with Gasteiger partial charge in [0.2, 0.25) is 0 Å². The molecule has 2 heterocycles. The molecule has 0 bridgehead atoms. The molecule has 0 atom stereocenters. The molecule has 0 radical (unpaired) electrons. The van der Waals surface area contributed by atoms with Gasteiger partial charge in [0.15, 0.2) is 0 Å². The number of hydrogen-bond acceptors (Lipinski definition) is 4. The summed E-state index contributed by atoms with van der Waals surface area (Å²) in [5.41, 5.74) is 8.36. The van der Waals surface area contributed by atoms with E-state index < -0.39 is 0 Å². The lowest BCUT2D eigenvalue weighted by Crippen LogP contribution is -2.12. The van der Waals surface area contributed by atoms with Crippen LogP contribution in [0.1, 0.15) is 15.2 Å². The minimum Gasteiger partial charge on any atom is -0.397 e. The highest BCUT2D eigenvalue weighted by molar-refractivity contribution is 9.10. The minimum absolute atomic E-state index is 0.208. The quantitative estimate of drug-likeness (QED) is 0.718. The molecule has 0 unspecified atom stereocenters. The van der Waals surface area contributed by atoms with E-state index >= 15 is 0 Å². The van der Waals surface area contributed by atoms with Crippen LogP contribution in [-0.4, -0.2) is 10.9 Å². The molecule has 3 aromatic rings. The second-order valence-electron chi connectivity index (χ2n) is 4.61. The predicted molar refractivity (Wildman–Crippen MR) is 90.9 cm³/mol. The largest absolute Gasteiger partial charge is 0.397 e. The van der Waals surface area contributed by atoms with Crippen LogP contribution in [0.3, 0.4) is 0 Å². The van der Waals surface area contributed by atoms with Crippen LogP contribution in [0.25, 0.3) is 10.1 Å². The number of nitrogen functional groups attached to an aromatic ring is 1. The third-order valence-electron chi connectivity index (χ3n) is 3.18. The van der Waals surface area contributed by atoms with Crippen molar-refractivity contribution in [2.75, 3.05) is 11.1 Å². The van der Waals surface area contributed by atoms with Crippen molar-refractivity contribution >= 4 is 54.6 Å². The number of carbonyl (C=O) groups is 1. The SMILES string of the molecule is Cc1cccc(NC(=O)c2sc3cnccc3c2N)c1Br. The fraction of sp³-hybridized carbons (Fsp3) is 0.0667. The maximum Gasteiger partial charge on any atom is 0.267 e. The summed E-state index contributed by atoms with van der Waals surface area (Å²) >= 11 is 4.83. The number of carbonyl (C=O) groups excluding carboxylic acids is 1. The Morgan fingerprint density at radius 2 is 2.19 bits per heavy atom. The lowest BCUT2D eigenvalue weighted by molar-refractivity contribution is 0.103. The standard InChI is InChI=1S/C15H12BrN3OS/c1-8-3-2-4-10(12(8)16)19-15(20)14-13(17)9-5-6-18-7-11(9)21-14/h2-7H,17H2,1H3,(H,19,20). The van der Waals surface area contributed by atoms with Crippen molar-refractivity contribution in [2.45, 2.75) is 6.92 Å². The molecule has 0 aliphatic rings. The Bertz CT molecular complexity index is 844. The highest BCUT2D eigenvalue weighted by atomic mass is 79.9. The number of nitrogens with one attached hydrogen (secondary N) is 1. The van der Waals surface area contributed by atoms with Crippen LogP contribution in [0.5, 0.6) is 0 Å². The number of halogens is 1. The predicted octanol–water partition coefficient (Wildman–Crippen LogP) is 4.20. The molecule has 0 saturated heterocycles. The van der Waals surface area contributed by atoms with E-state index in [2.05, 4.69) is 26.2 Å². The van der Waals surface area contributed by atoms with E-state index in [0.29, 0.717) is 10.6 Å². The van der Waals surface area contributed by atoms with Crippen molar-refractivity contribution in [3.63, 3.8) is 0 Å². The summed E-state index contributed by atoms with van der Waals surface area (Å²) in [6.07, 6.45) is 3.39. The summed E-state index contributed by atoms with van der Waals surface area (Å²) in [6, 6.07) is 7.54. The molecule has 0 saturated carbocycles. The van der Waals surface area contributed by atoms with E-state index in [0.717, 1.165) is 25.8 Å². The molecule has 2 aromatic heterocycles. The fourth-order valence-electron chi connectivity index (χ4n) is 2.06. The molecule has 3 rings (SSSR count). The number of anilines is 2. The van der Waals surface area contributed by atoms with Crippen molar-refractivity contribution in [1.29, 1.82) is 0 Å². The Morgan fingerprint density at radius 1 is 1.38 bits per heavy atom. The first-order valence-corrected chi connectivity index (χ1v) is 7.87. The van der Waals surface area contributed by atoms with Crippen molar-refractivity contribution in [3.05, 3.63) is 51.6 Å². The summed E-state index contributed by atoms with van der Waals surface area (Å²) in [5.74, 6) is -0.208. The van der Waals surface area contributed by atoms with E-state index in [1.54, 1.807) is 12.4 Å². The third-order valence-corrected chi connectivity index (χ3v) is 5.38. The zero-order valence-corrected chi connectivity index (χ0v) is 13.6. The molecule has 21 heavy (non-hydrogen) atoms. The highest BCUT2D eigenvalue weighted by Crippen LogP contribution is 2.34. The van der Waals surface area contributed by atoms with E-state index in [9.17, 15) is 4.79 Å². The van der Waals surface area contributed by atoms with Crippen molar-refractivity contribution < 1.29 is 4.79 Å². The second-order valence-corrected chi connectivity index (χ2v) is 6.45. The lowest BCUT2D eigenvalue weighted by atomic mass is 10.2. The van der Waals surface area contributed by atoms with Crippen LogP contribution in [0.2, 0.25) is 0 Å². The Kier molecular flexibility index (Phi) is 3.65. The molecular formula is C15H12BrN3OS. The van der Waals surface area contributed by atoms with Crippen LogP contribution in [0.4, 0.5) is 11.4 Å². The highest BCUT2D eigenvalue weighted by Gasteiger charge is 2.17. The topological polar surface area (TPSA) is 68.0 Å². The minimum atomic E-state index is -0.208. The average molecular weight is 362 g/mol. The van der Waals surface area contributed by atoms with Crippen molar-refractivity contribution in [1.82, 2.24) is 4.98 Å². The van der Waals surface area contributed by atoms with Gasteiger partial charge in [0.1, 0.15) is 4.88 Å². The van der Waals surface area contributed by atoms with Crippen LogP contribution in [0, 0.1) is 6.92 Å². The van der Waals surface area contributed by atoms with Gasteiger partial charge in [0, 0.05) is 22.3 Å². The number of nitrogens with two attached hydrogens (primary N) is 1. The maximum absolute atomic E-state index is 12.4. The lowest BCUT2D eigenvalue weighted by Gasteiger charge is -2.08. The van der Waals surface area contributed by atoms with E-state index in [4.69, 9.17) is 5.73 Å². The van der Waals surface area contributed by atoms with Crippen molar-refractivity contribution in [3.8, 4) is 0 Å². The number of hydrogen-bond donors (Lipinski definition) is 2. The second kappa shape index (κ2) is 5.46. The zero-order chi connectivity index (χ0) is 15.0. The Hall–Kier alpha value is -1.92. The summed E-state index contributed by atoms with van der Waals surface area (Å²) in [6.45, 7) is 1.97. The Balaban J connectivity index is 1.97. The van der Waals surface area contributed by atoms with Gasteiger partial charge < -0.3 is 11.1 Å². The molecule has 0 spiro atoms. The number of pyridine rings is 1. The molecule has 4 nitrogen and oxygen atoms in total. The normalized spacial score (nSPS) is 10.8. The molecule has 3 N–H and O–H groups in total. The molecule has 0 aliphatic heterocycles. The first-order valence-electron chi connectivity index (χ1n) is 6.26. The first-order chi connectivity index (χ1) is 10.1. The molecule has 0 aliphatic carbocycles. The molecule has 6 heteroatoms. The van der Waals surface area contributed by atoms with Gasteiger partial charge in [-0.2, -0.15) is 0 Å². The summed E-state index contributed by atoms with van der Waals surface area (Å²) in [4.78, 5) is 17.0. The van der Waals surface area contributed by atoms with Crippen LogP contribution >= 0.6 is 27.3 Å². The maximum atomic E-state index is 12.4. The Labute approximate surface area is 134 Å². The van der Waals surface area contributed by atoms with Crippen molar-refractivity contribution in [2.24, 2.45) is 0 Å². The number of aromatic nitrogens is 1. The molecule has 0 fully saturated rings. The van der Waals surface area contributed by atoms with Crippen LogP contribution < -0.4 is 11.1 Å². The molecule has 1 aromatic carbocycles. The van der Waals surface area contributed by atoms with E-state index in [-0.39, 0.29) is 5.91 Å². The van der Waals surface area contributed by atoms with Gasteiger partial charge in [-0.25, -0.2) is 0 Å². The van der Waals surface area contributed by atoms with Crippen LogP contribution in [0.15, 0.2) is 41.1 Å². The monoisotopic (exact) mass is 361 g/mol. The van der Waals surface area contributed by atoms with Gasteiger partial charge in [0.25, 0.3) is 5.91 Å². The number of fused-ring (bicyclic) bond motifs is 1. The average Bonchev–Trinajstić information content (AvgIpc) is 2.82. The van der Waals surface area contributed by atoms with Gasteiger partial charge >= 0.3 is 0 Å². The molecular weight excluding hydrogens is 350 g/mol. The number of thiophene rings is 1. The number of aryl methyl sites for hydroxylation is 1. The summed E-state index contributed by atoms with van der Waals surface area (Å²) < 4.78 is 1.78. The van der Waals surface area contributed by atoms with Gasteiger partial charge in [-0.1, -0.05) is 12.1 Å². The summed E-state index contributed by atoms with van der Waals surface area (Å²) in [7, 11) is 0. The van der Waals surface area contributed by atoms with Gasteiger partial charge in [-0.15, -0.1) is 11.3 Å². The molecule has 106 valence electrons. The Morgan fingerprint density at radius 3 is 2.95 bits per heavy atom. The van der Waals surface area contributed by atoms with Gasteiger partial charge in [0.05, 0.1) is 16.1 Å². The van der Waals surface area contributed by atoms with E-state index in [1.165, 1.54) is 11.3 Å². The van der Waals surface area contributed by atoms with E-state index in [1.807, 2.05) is 31.2 Å². The van der Waals surface area contributed by atoms with Gasteiger partial charge in [-0.3, -0.25) is 9.78 Å². The van der Waals surface area contributed by atoms with Gasteiger partial charge in [-0.05, 0) is 40.5 Å². The number of amides is 1. The number of rotatable bonds is 2. The summed E-state index contributed by atoms with van der Waals surface area (Å²) in [5, 5.41) is 3.76. The van der Waals surface area contributed by atoms with Crippen LogP contribution in [-0.2, 0) is 0 Å². The smallest absolute Gasteiger partial charge is 0.267 e. The number of nitrogens with zero attached hydrogens (tertiary/aromatic N) is 1. The number of benzene rings is 1. The fourth-order valence-corrected chi connectivity index (χ4v) is 3.41. The first kappa shape index (κ1) is 14.0. The molecule has 1 amide bonds. The third kappa shape index (κ3) is 2.52.